The number of aryl methyl sites for hydroxylation is 2. The molecule has 0 bridgehead atoms. The van der Waals surface area contributed by atoms with E-state index >= 15 is 0 Å². The smallest absolute Gasteiger partial charge is 0.0411 e. The van der Waals surface area contributed by atoms with Crippen LogP contribution in [0.1, 0.15) is 24.5 Å². The average Bonchev–Trinajstić information content (AvgIpc) is 1.85. The Bertz CT molecular complexity index is 220. The van der Waals surface area contributed by atoms with Gasteiger partial charge in [0.15, 0.2) is 0 Å². The molecular weight excluding hydrogens is 156 g/mol. The van der Waals surface area contributed by atoms with Gasteiger partial charge in [-0.05, 0) is 36.6 Å². The predicted octanol–water partition coefficient (Wildman–Crippen LogP) is 3.60. The third-order valence-corrected chi connectivity index (χ3v) is 1.86. The fraction of sp³-hybridized carbons (Fsp3) is 0.400. The first-order valence-corrected chi connectivity index (χ1v) is 4.36. The lowest BCUT2D eigenvalue weighted by molar-refractivity contribution is 0.920. The predicted molar refractivity (Wildman–Crippen MR) is 50.2 cm³/mol. The van der Waals surface area contributed by atoms with Crippen molar-refractivity contribution in [3.05, 3.63) is 34.3 Å². The number of benzene rings is 1. The monoisotopic (exact) mass is 168 g/mol. The van der Waals surface area contributed by atoms with E-state index in [1.165, 1.54) is 17.5 Å². The summed E-state index contributed by atoms with van der Waals surface area (Å²) in [6.45, 7) is 4.25. The van der Waals surface area contributed by atoms with Gasteiger partial charge in [-0.3, -0.25) is 0 Å². The molecule has 0 N–H and O–H groups in total. The van der Waals surface area contributed by atoms with Crippen molar-refractivity contribution in [2.45, 2.75) is 26.7 Å². The Labute approximate surface area is 73.2 Å². The second-order valence-electron chi connectivity index (χ2n) is 2.89. The van der Waals surface area contributed by atoms with Crippen molar-refractivity contribution in [1.82, 2.24) is 0 Å². The molecule has 60 valence electrons. The molecule has 0 saturated heterocycles. The Balaban J connectivity index is 2.89. The molecule has 0 amide bonds. The summed E-state index contributed by atoms with van der Waals surface area (Å²) in [6, 6.07) is 6.22. The van der Waals surface area contributed by atoms with Crippen molar-refractivity contribution in [2.75, 3.05) is 0 Å². The minimum Gasteiger partial charge on any atom is -0.0843 e. The summed E-state index contributed by atoms with van der Waals surface area (Å²) in [5, 5.41) is 0.855. The highest BCUT2D eigenvalue weighted by Gasteiger charge is 1.94. The molecule has 0 spiro atoms. The second-order valence-corrected chi connectivity index (χ2v) is 3.32. The van der Waals surface area contributed by atoms with Crippen LogP contribution in [0.5, 0.6) is 0 Å². The molecule has 11 heavy (non-hydrogen) atoms. The fourth-order valence-electron chi connectivity index (χ4n) is 1.25. The molecule has 0 aliphatic carbocycles. The first kappa shape index (κ1) is 8.61. The minimum absolute atomic E-state index is 0.855. The first-order valence-electron chi connectivity index (χ1n) is 3.98. The summed E-state index contributed by atoms with van der Waals surface area (Å²) >= 11 is 5.89. The molecule has 0 heterocycles. The van der Waals surface area contributed by atoms with Crippen molar-refractivity contribution in [1.29, 1.82) is 0 Å². The molecule has 0 aromatic heterocycles. The lowest BCUT2D eigenvalue weighted by Gasteiger charge is -2.00. The van der Waals surface area contributed by atoms with Gasteiger partial charge in [-0.2, -0.15) is 0 Å². The quantitative estimate of drug-likeness (QED) is 0.633. The minimum atomic E-state index is 0.855. The van der Waals surface area contributed by atoms with Crippen molar-refractivity contribution in [3.63, 3.8) is 0 Å². The van der Waals surface area contributed by atoms with Crippen LogP contribution in [0.15, 0.2) is 18.2 Å². The molecular formula is C10H13Cl. The Hall–Kier alpha value is -0.490. The third kappa shape index (κ3) is 2.55. The average molecular weight is 169 g/mol. The number of hydrogen-bond donors (Lipinski definition) is 0. The van der Waals surface area contributed by atoms with Crippen LogP contribution < -0.4 is 0 Å². The van der Waals surface area contributed by atoms with Gasteiger partial charge in [0.05, 0.1) is 0 Å². The van der Waals surface area contributed by atoms with Gasteiger partial charge in [-0.15, -0.1) is 0 Å². The zero-order chi connectivity index (χ0) is 8.27. The molecule has 1 aromatic carbocycles. The summed E-state index contributed by atoms with van der Waals surface area (Å²) < 4.78 is 0. The number of halogens is 1. The molecule has 0 fully saturated rings. The van der Waals surface area contributed by atoms with E-state index in [2.05, 4.69) is 19.9 Å². The summed E-state index contributed by atoms with van der Waals surface area (Å²) in [5.41, 5.74) is 2.60. The summed E-state index contributed by atoms with van der Waals surface area (Å²) in [5.74, 6) is 0. The highest BCUT2D eigenvalue weighted by atomic mass is 35.5. The van der Waals surface area contributed by atoms with Crippen LogP contribution in [0.25, 0.3) is 0 Å². The van der Waals surface area contributed by atoms with Gasteiger partial charge in [0.2, 0.25) is 0 Å². The zero-order valence-electron chi connectivity index (χ0n) is 7.02. The van der Waals surface area contributed by atoms with Crippen LogP contribution in [0, 0.1) is 6.92 Å². The van der Waals surface area contributed by atoms with E-state index in [1.54, 1.807) is 0 Å². The highest BCUT2D eigenvalue weighted by Crippen LogP contribution is 2.15. The number of hydrogen-bond acceptors (Lipinski definition) is 0. The van der Waals surface area contributed by atoms with Crippen molar-refractivity contribution >= 4 is 11.6 Å². The number of rotatable bonds is 2. The Kier molecular flexibility index (Phi) is 2.95. The van der Waals surface area contributed by atoms with Gasteiger partial charge < -0.3 is 0 Å². The molecule has 0 aliphatic rings. The fourth-order valence-corrected chi connectivity index (χ4v) is 1.56. The van der Waals surface area contributed by atoms with Crippen molar-refractivity contribution in [2.24, 2.45) is 0 Å². The zero-order valence-corrected chi connectivity index (χ0v) is 7.78. The molecule has 0 saturated carbocycles. The van der Waals surface area contributed by atoms with Crippen LogP contribution in [0.2, 0.25) is 5.02 Å². The Morgan fingerprint density at radius 1 is 1.27 bits per heavy atom. The van der Waals surface area contributed by atoms with E-state index in [0.717, 1.165) is 11.4 Å². The van der Waals surface area contributed by atoms with Crippen LogP contribution in [-0.2, 0) is 6.42 Å². The largest absolute Gasteiger partial charge is 0.0843 e. The lowest BCUT2D eigenvalue weighted by Crippen LogP contribution is -1.84. The molecule has 1 aromatic rings. The van der Waals surface area contributed by atoms with Crippen LogP contribution in [0.3, 0.4) is 0 Å². The summed E-state index contributed by atoms with van der Waals surface area (Å²) in [7, 11) is 0. The first-order chi connectivity index (χ1) is 5.22. The maximum absolute atomic E-state index is 5.89. The van der Waals surface area contributed by atoms with Gasteiger partial charge in [0.1, 0.15) is 0 Å². The standard InChI is InChI=1S/C10H13Cl/c1-3-4-9-5-8(2)6-10(11)7-9/h5-7H,3-4H2,1-2H3. The second kappa shape index (κ2) is 3.77. The normalized spacial score (nSPS) is 10.1. The maximum Gasteiger partial charge on any atom is 0.0411 e. The molecule has 0 nitrogen and oxygen atoms in total. The molecule has 0 unspecified atom stereocenters. The third-order valence-electron chi connectivity index (χ3n) is 1.64. The van der Waals surface area contributed by atoms with Gasteiger partial charge in [0, 0.05) is 5.02 Å². The maximum atomic E-state index is 5.89. The van der Waals surface area contributed by atoms with E-state index < -0.39 is 0 Å². The van der Waals surface area contributed by atoms with Gasteiger partial charge in [0.25, 0.3) is 0 Å². The summed E-state index contributed by atoms with van der Waals surface area (Å²) in [6.07, 6.45) is 2.31. The molecule has 0 atom stereocenters. The SMILES string of the molecule is CCCc1cc(C)cc(Cl)c1. The van der Waals surface area contributed by atoms with E-state index in [4.69, 9.17) is 11.6 Å². The summed E-state index contributed by atoms with van der Waals surface area (Å²) in [4.78, 5) is 0. The van der Waals surface area contributed by atoms with Crippen LogP contribution in [0.4, 0.5) is 0 Å². The van der Waals surface area contributed by atoms with E-state index in [0.29, 0.717) is 0 Å². The molecule has 1 heteroatoms. The Morgan fingerprint density at radius 2 is 2.00 bits per heavy atom. The van der Waals surface area contributed by atoms with E-state index in [-0.39, 0.29) is 0 Å². The van der Waals surface area contributed by atoms with Crippen molar-refractivity contribution < 1.29 is 0 Å². The van der Waals surface area contributed by atoms with Crippen LogP contribution in [-0.4, -0.2) is 0 Å². The molecule has 1 rings (SSSR count). The Morgan fingerprint density at radius 3 is 2.55 bits per heavy atom. The highest BCUT2D eigenvalue weighted by molar-refractivity contribution is 6.30. The molecule has 0 aliphatic heterocycles. The van der Waals surface area contributed by atoms with Gasteiger partial charge >= 0.3 is 0 Å². The van der Waals surface area contributed by atoms with Crippen LogP contribution >= 0.6 is 11.6 Å². The van der Waals surface area contributed by atoms with E-state index in [9.17, 15) is 0 Å². The van der Waals surface area contributed by atoms with E-state index in [1.807, 2.05) is 12.1 Å². The van der Waals surface area contributed by atoms with Crippen molar-refractivity contribution in [3.8, 4) is 0 Å². The topological polar surface area (TPSA) is 0 Å². The lowest BCUT2D eigenvalue weighted by atomic mass is 10.1. The molecule has 0 radical (unpaired) electrons. The van der Waals surface area contributed by atoms with Gasteiger partial charge in [-0.25, -0.2) is 0 Å². The van der Waals surface area contributed by atoms with Gasteiger partial charge in [-0.1, -0.05) is 31.0 Å².